The van der Waals surface area contributed by atoms with E-state index in [0.29, 0.717) is 12.2 Å². The molecule has 3 aromatic rings. The molecule has 3 aromatic carbocycles. The Kier molecular flexibility index (Phi) is 7.81. The summed E-state index contributed by atoms with van der Waals surface area (Å²) in [6, 6.07) is 18.0. The van der Waals surface area contributed by atoms with Gasteiger partial charge in [0.05, 0.1) is 6.26 Å². The number of rotatable bonds is 3. The Hall–Kier alpha value is -3.37. The maximum absolute atomic E-state index is 5.40. The van der Waals surface area contributed by atoms with E-state index in [1.807, 2.05) is 18.2 Å². The van der Waals surface area contributed by atoms with Gasteiger partial charge in [0.1, 0.15) is 18.3 Å². The van der Waals surface area contributed by atoms with Gasteiger partial charge in [-0.3, -0.25) is 0 Å². The Bertz CT molecular complexity index is 1300. The van der Waals surface area contributed by atoms with E-state index in [1.54, 1.807) is 23.5 Å². The summed E-state index contributed by atoms with van der Waals surface area (Å²) in [4.78, 5) is 0. The van der Waals surface area contributed by atoms with Gasteiger partial charge < -0.3 is 14.2 Å². The predicted molar refractivity (Wildman–Crippen MR) is 145 cm³/mol. The van der Waals surface area contributed by atoms with E-state index in [1.165, 1.54) is 59.8 Å². The van der Waals surface area contributed by atoms with Gasteiger partial charge in [-0.2, -0.15) is 13.5 Å². The highest BCUT2D eigenvalue weighted by Crippen LogP contribution is 2.33. The van der Waals surface area contributed by atoms with Crippen LogP contribution in [0.3, 0.4) is 0 Å². The standard InChI is InChI=1S/C18H16.C12H12O3.H2S/c1-3-7-15-13(5-1)9-11-18-16-8-4-2-6-14(16)10-12-17(15)18;1-2-5-10-12(15-9-8-14-10)11-6-3-4-7-13-11;/h1,3,5,7,9-12H,2,4,6,8H2;2-4,6-9,11H,1,5H2;1H2. The number of aryl methyl sites for hydroxylation is 2. The van der Waals surface area contributed by atoms with Crippen LogP contribution in [0.1, 0.15) is 30.4 Å². The quantitative estimate of drug-likeness (QED) is 0.289. The fourth-order valence-electron chi connectivity index (χ4n) is 4.72. The third-order valence-corrected chi connectivity index (χ3v) is 6.28. The Morgan fingerprint density at radius 1 is 0.824 bits per heavy atom. The molecule has 174 valence electrons. The van der Waals surface area contributed by atoms with Crippen LogP contribution in [-0.2, 0) is 27.1 Å². The lowest BCUT2D eigenvalue weighted by molar-refractivity contribution is 0.122. The maximum atomic E-state index is 5.40. The molecule has 3 nitrogen and oxygen atoms in total. The van der Waals surface area contributed by atoms with Crippen molar-refractivity contribution in [1.82, 2.24) is 0 Å². The summed E-state index contributed by atoms with van der Waals surface area (Å²) in [5.41, 5.74) is 3.17. The molecule has 0 fully saturated rings. The molecular formula is C30H30O3S. The van der Waals surface area contributed by atoms with Crippen molar-refractivity contribution >= 4 is 35.0 Å². The van der Waals surface area contributed by atoms with E-state index in [0.717, 1.165) is 5.76 Å². The minimum absolute atomic E-state index is 0. The van der Waals surface area contributed by atoms with Gasteiger partial charge in [-0.1, -0.05) is 60.7 Å². The van der Waals surface area contributed by atoms with Crippen molar-refractivity contribution in [3.05, 3.63) is 121 Å². The van der Waals surface area contributed by atoms with Crippen LogP contribution in [0.5, 0.6) is 0 Å². The highest BCUT2D eigenvalue weighted by atomic mass is 32.1. The van der Waals surface area contributed by atoms with Crippen molar-refractivity contribution in [3.8, 4) is 0 Å². The number of hydrogen-bond acceptors (Lipinski definition) is 3. The van der Waals surface area contributed by atoms with Gasteiger partial charge in [-0.25, -0.2) is 0 Å². The zero-order valence-corrected chi connectivity index (χ0v) is 20.2. The molecule has 0 saturated heterocycles. The monoisotopic (exact) mass is 470 g/mol. The lowest BCUT2D eigenvalue weighted by atomic mass is 9.86. The molecule has 1 unspecified atom stereocenters. The number of fused-ring (bicyclic) bond motifs is 5. The molecule has 0 N–H and O–H groups in total. The molecule has 0 radical (unpaired) electrons. The summed E-state index contributed by atoms with van der Waals surface area (Å²) in [6.45, 7) is 3.67. The lowest BCUT2D eigenvalue weighted by Gasteiger charge is -2.22. The first kappa shape index (κ1) is 23.8. The fourth-order valence-corrected chi connectivity index (χ4v) is 4.72. The van der Waals surface area contributed by atoms with E-state index >= 15 is 0 Å². The summed E-state index contributed by atoms with van der Waals surface area (Å²) in [5.74, 6) is 1.41. The van der Waals surface area contributed by atoms with Crippen molar-refractivity contribution in [2.45, 2.75) is 38.2 Å². The largest absolute Gasteiger partial charge is 0.486 e. The van der Waals surface area contributed by atoms with E-state index in [4.69, 9.17) is 14.2 Å². The number of benzene rings is 3. The minimum Gasteiger partial charge on any atom is -0.486 e. The van der Waals surface area contributed by atoms with Crippen LogP contribution >= 0.6 is 13.5 Å². The smallest absolute Gasteiger partial charge is 0.186 e. The first-order valence-corrected chi connectivity index (χ1v) is 11.6. The molecule has 0 saturated carbocycles. The Morgan fingerprint density at radius 3 is 2.50 bits per heavy atom. The summed E-state index contributed by atoms with van der Waals surface area (Å²) in [7, 11) is 0. The van der Waals surface area contributed by atoms with E-state index in [-0.39, 0.29) is 19.6 Å². The Morgan fingerprint density at radius 2 is 1.65 bits per heavy atom. The van der Waals surface area contributed by atoms with Gasteiger partial charge in [0.15, 0.2) is 11.9 Å². The Labute approximate surface area is 208 Å². The first-order valence-electron chi connectivity index (χ1n) is 11.6. The third kappa shape index (κ3) is 4.92. The zero-order chi connectivity index (χ0) is 22.5. The topological polar surface area (TPSA) is 27.7 Å². The second-order valence-corrected chi connectivity index (χ2v) is 8.35. The predicted octanol–water partition coefficient (Wildman–Crippen LogP) is 7.75. The molecule has 34 heavy (non-hydrogen) atoms. The van der Waals surface area contributed by atoms with Gasteiger partial charge >= 0.3 is 0 Å². The normalized spacial score (nSPS) is 18.1. The fraction of sp³-hybridized carbons (Fsp3) is 0.200. The van der Waals surface area contributed by atoms with E-state index in [2.05, 4.69) is 55.1 Å². The molecule has 0 bridgehead atoms. The summed E-state index contributed by atoms with van der Waals surface area (Å²) in [5, 5.41) is 5.64. The van der Waals surface area contributed by atoms with Crippen molar-refractivity contribution in [2.24, 2.45) is 0 Å². The molecule has 1 aliphatic carbocycles. The van der Waals surface area contributed by atoms with Gasteiger partial charge in [0, 0.05) is 6.42 Å². The summed E-state index contributed by atoms with van der Waals surface area (Å²) < 4.78 is 16.1. The minimum atomic E-state index is -0.213. The first-order chi connectivity index (χ1) is 16.3. The molecule has 0 aromatic heterocycles. The van der Waals surface area contributed by atoms with Crippen LogP contribution in [0.25, 0.3) is 21.5 Å². The van der Waals surface area contributed by atoms with Gasteiger partial charge in [-0.15, -0.1) is 6.58 Å². The molecule has 2 heterocycles. The molecule has 0 spiro atoms. The summed E-state index contributed by atoms with van der Waals surface area (Å²) in [6.07, 6.45) is 17.7. The van der Waals surface area contributed by atoms with Crippen LogP contribution in [0.15, 0.2) is 110 Å². The van der Waals surface area contributed by atoms with Gasteiger partial charge in [0.2, 0.25) is 0 Å². The molecule has 4 heteroatoms. The number of allylic oxidation sites excluding steroid dienone is 3. The van der Waals surface area contributed by atoms with Crippen molar-refractivity contribution in [3.63, 3.8) is 0 Å². The lowest BCUT2D eigenvalue weighted by Crippen LogP contribution is -2.17. The molecule has 3 aliphatic rings. The van der Waals surface area contributed by atoms with Crippen LogP contribution in [0, 0.1) is 0 Å². The molecule has 2 aliphatic heterocycles. The molecular weight excluding hydrogens is 440 g/mol. The number of ether oxygens (including phenoxy) is 3. The second kappa shape index (κ2) is 11.2. The van der Waals surface area contributed by atoms with Gasteiger partial charge in [0.25, 0.3) is 0 Å². The van der Waals surface area contributed by atoms with E-state index in [9.17, 15) is 0 Å². The second-order valence-electron chi connectivity index (χ2n) is 8.35. The molecule has 6 rings (SSSR count). The Balaban J connectivity index is 0.000000159. The van der Waals surface area contributed by atoms with Crippen molar-refractivity contribution < 1.29 is 14.2 Å². The van der Waals surface area contributed by atoms with Crippen LogP contribution in [-0.4, -0.2) is 6.10 Å². The average molecular weight is 471 g/mol. The molecule has 0 amide bonds. The van der Waals surface area contributed by atoms with Crippen LogP contribution in [0.4, 0.5) is 0 Å². The number of hydrogen-bond donors (Lipinski definition) is 0. The highest BCUT2D eigenvalue weighted by molar-refractivity contribution is 7.59. The van der Waals surface area contributed by atoms with Crippen LogP contribution in [0.2, 0.25) is 0 Å². The van der Waals surface area contributed by atoms with Crippen molar-refractivity contribution in [1.29, 1.82) is 0 Å². The van der Waals surface area contributed by atoms with Crippen molar-refractivity contribution in [2.75, 3.05) is 0 Å². The van der Waals surface area contributed by atoms with E-state index < -0.39 is 0 Å². The SMILES string of the molecule is C=CCC1=C(C2C=CC=CO2)OC=CO1.S.c1ccc2c(c1)ccc1c3c(ccc12)CCCC3. The summed E-state index contributed by atoms with van der Waals surface area (Å²) >= 11 is 0. The third-order valence-electron chi connectivity index (χ3n) is 6.28. The van der Waals surface area contributed by atoms with Gasteiger partial charge in [-0.05, 0) is 70.5 Å². The average Bonchev–Trinajstić information content (AvgIpc) is 2.90. The van der Waals surface area contributed by atoms with Crippen LogP contribution < -0.4 is 0 Å². The zero-order valence-electron chi connectivity index (χ0n) is 19.2. The maximum Gasteiger partial charge on any atom is 0.186 e. The molecule has 1 atom stereocenters. The highest BCUT2D eigenvalue weighted by Gasteiger charge is 2.22.